The summed E-state index contributed by atoms with van der Waals surface area (Å²) in [6.45, 7) is 0.843. The van der Waals surface area contributed by atoms with Crippen molar-refractivity contribution in [3.63, 3.8) is 0 Å². The number of fused-ring (bicyclic) bond motifs is 1. The molecule has 0 saturated heterocycles. The first-order chi connectivity index (χ1) is 9.10. The van der Waals surface area contributed by atoms with Gasteiger partial charge in [0.25, 0.3) is 0 Å². The minimum Gasteiger partial charge on any atom is -0.488 e. The van der Waals surface area contributed by atoms with Crippen molar-refractivity contribution in [3.8, 4) is 5.75 Å². The molecule has 0 fully saturated rings. The fraction of sp³-hybridized carbons (Fsp3) is 0.462. The van der Waals surface area contributed by atoms with Gasteiger partial charge in [-0.2, -0.15) is 0 Å². The van der Waals surface area contributed by atoms with Crippen molar-refractivity contribution in [1.82, 2.24) is 5.32 Å². The Morgan fingerprint density at radius 3 is 3.21 bits per heavy atom. The Hall–Kier alpha value is -1.33. The van der Waals surface area contributed by atoms with Crippen molar-refractivity contribution < 1.29 is 18.7 Å². The number of halogens is 2. The van der Waals surface area contributed by atoms with Crippen molar-refractivity contribution in [2.45, 2.75) is 17.9 Å². The maximum atomic E-state index is 13.0. The predicted octanol–water partition coefficient (Wildman–Crippen LogP) is 1.50. The van der Waals surface area contributed by atoms with Crippen molar-refractivity contribution in [2.75, 3.05) is 20.2 Å². The van der Waals surface area contributed by atoms with Crippen LogP contribution in [0, 0.1) is 5.82 Å². The molecule has 0 amide bonds. The van der Waals surface area contributed by atoms with Crippen LogP contribution in [0.4, 0.5) is 4.39 Å². The second kappa shape index (κ2) is 6.21. The number of carbonyl (C=O) groups is 1. The first kappa shape index (κ1) is 14.1. The number of methoxy groups -OCH3 is 1. The van der Waals surface area contributed by atoms with Crippen LogP contribution in [0.25, 0.3) is 0 Å². The highest BCUT2D eigenvalue weighted by molar-refractivity contribution is 6.30. The summed E-state index contributed by atoms with van der Waals surface area (Å²) in [5.41, 5.74) is 0.863. The van der Waals surface area contributed by atoms with Crippen LogP contribution in [0.5, 0.6) is 5.75 Å². The van der Waals surface area contributed by atoms with E-state index >= 15 is 0 Å². The summed E-state index contributed by atoms with van der Waals surface area (Å²) in [7, 11) is 1.29. The van der Waals surface area contributed by atoms with Gasteiger partial charge in [0.2, 0.25) is 0 Å². The van der Waals surface area contributed by atoms with Crippen LogP contribution in [0.15, 0.2) is 18.2 Å². The molecule has 0 bridgehead atoms. The van der Waals surface area contributed by atoms with Crippen LogP contribution in [-0.4, -0.2) is 37.6 Å². The Bertz CT molecular complexity index is 469. The van der Waals surface area contributed by atoms with Crippen LogP contribution in [0.2, 0.25) is 0 Å². The van der Waals surface area contributed by atoms with Gasteiger partial charge < -0.3 is 14.8 Å². The molecule has 1 N–H and O–H groups in total. The fourth-order valence-electron chi connectivity index (χ4n) is 1.99. The summed E-state index contributed by atoms with van der Waals surface area (Å²) in [4.78, 5) is 11.1. The average molecular weight is 288 g/mol. The van der Waals surface area contributed by atoms with E-state index in [1.165, 1.54) is 19.2 Å². The normalized spacial score (nSPS) is 18.6. The molecule has 2 unspecified atom stereocenters. The molecule has 0 aromatic heterocycles. The van der Waals surface area contributed by atoms with Gasteiger partial charge in [-0.05, 0) is 18.2 Å². The van der Waals surface area contributed by atoms with Gasteiger partial charge in [-0.25, -0.2) is 4.39 Å². The predicted molar refractivity (Wildman–Crippen MR) is 69.0 cm³/mol. The zero-order valence-electron chi connectivity index (χ0n) is 10.5. The largest absolute Gasteiger partial charge is 0.488 e. The monoisotopic (exact) mass is 287 g/mol. The smallest absolute Gasteiger partial charge is 0.325 e. The van der Waals surface area contributed by atoms with E-state index in [0.29, 0.717) is 25.3 Å². The van der Waals surface area contributed by atoms with Gasteiger partial charge in [0, 0.05) is 25.1 Å². The molecule has 104 valence electrons. The van der Waals surface area contributed by atoms with E-state index in [1.54, 1.807) is 6.07 Å². The lowest BCUT2D eigenvalue weighted by atomic mass is 10.1. The summed E-state index contributed by atoms with van der Waals surface area (Å²) >= 11 is 5.80. The molecule has 19 heavy (non-hydrogen) atoms. The molecule has 1 aromatic rings. The quantitative estimate of drug-likeness (QED) is 0.659. The number of benzene rings is 1. The molecule has 0 spiro atoms. The van der Waals surface area contributed by atoms with Gasteiger partial charge in [-0.15, -0.1) is 11.6 Å². The van der Waals surface area contributed by atoms with E-state index < -0.39 is 11.3 Å². The van der Waals surface area contributed by atoms with E-state index in [1.807, 2.05) is 0 Å². The molecule has 1 heterocycles. The number of ether oxygens (including phenoxy) is 2. The Labute approximate surface area is 115 Å². The lowest BCUT2D eigenvalue weighted by Crippen LogP contribution is -2.36. The molecule has 0 radical (unpaired) electrons. The van der Waals surface area contributed by atoms with Gasteiger partial charge in [0.15, 0.2) is 0 Å². The SMILES string of the molecule is COC(=O)C(Cl)CNCC1Cc2cc(F)ccc2O1. The third-order valence-electron chi connectivity index (χ3n) is 2.92. The highest BCUT2D eigenvalue weighted by Crippen LogP contribution is 2.28. The van der Waals surface area contributed by atoms with Crippen molar-refractivity contribution in [3.05, 3.63) is 29.6 Å². The molecule has 1 aliphatic rings. The van der Waals surface area contributed by atoms with E-state index in [2.05, 4.69) is 10.1 Å². The Balaban J connectivity index is 1.77. The van der Waals surface area contributed by atoms with Gasteiger partial charge >= 0.3 is 5.97 Å². The topological polar surface area (TPSA) is 47.6 Å². The number of nitrogens with one attached hydrogen (secondary N) is 1. The number of carbonyl (C=O) groups excluding carboxylic acids is 1. The maximum absolute atomic E-state index is 13.0. The number of hydrogen-bond acceptors (Lipinski definition) is 4. The summed E-state index contributed by atoms with van der Waals surface area (Å²) < 4.78 is 23.2. The molecule has 2 rings (SSSR count). The molecular weight excluding hydrogens is 273 g/mol. The van der Waals surface area contributed by atoms with E-state index in [4.69, 9.17) is 16.3 Å². The van der Waals surface area contributed by atoms with E-state index in [-0.39, 0.29) is 11.9 Å². The van der Waals surface area contributed by atoms with Crippen LogP contribution in [0.3, 0.4) is 0 Å². The van der Waals surface area contributed by atoms with Gasteiger partial charge in [0.05, 0.1) is 7.11 Å². The Morgan fingerprint density at radius 1 is 1.68 bits per heavy atom. The van der Waals surface area contributed by atoms with Crippen molar-refractivity contribution >= 4 is 17.6 Å². The average Bonchev–Trinajstić information content (AvgIpc) is 2.79. The van der Waals surface area contributed by atoms with E-state index in [0.717, 1.165) is 5.56 Å². The number of hydrogen-bond donors (Lipinski definition) is 1. The fourth-order valence-corrected chi connectivity index (χ4v) is 2.18. The van der Waals surface area contributed by atoms with Crippen molar-refractivity contribution in [1.29, 1.82) is 0 Å². The summed E-state index contributed by atoms with van der Waals surface area (Å²) in [5, 5.41) is 2.32. The second-order valence-corrected chi connectivity index (χ2v) is 4.87. The van der Waals surface area contributed by atoms with Crippen LogP contribution < -0.4 is 10.1 Å². The molecule has 6 heteroatoms. The van der Waals surface area contributed by atoms with E-state index in [9.17, 15) is 9.18 Å². The Morgan fingerprint density at radius 2 is 2.47 bits per heavy atom. The first-order valence-corrected chi connectivity index (χ1v) is 6.41. The van der Waals surface area contributed by atoms with Crippen LogP contribution >= 0.6 is 11.6 Å². The third-order valence-corrected chi connectivity index (χ3v) is 3.25. The summed E-state index contributed by atoms with van der Waals surface area (Å²) in [6, 6.07) is 4.48. The third kappa shape index (κ3) is 3.58. The Kier molecular flexibility index (Phi) is 4.61. The van der Waals surface area contributed by atoms with Gasteiger partial charge in [-0.3, -0.25) is 4.79 Å². The number of alkyl halides is 1. The molecule has 4 nitrogen and oxygen atoms in total. The van der Waals surface area contributed by atoms with Gasteiger partial charge in [0.1, 0.15) is 23.0 Å². The van der Waals surface area contributed by atoms with Gasteiger partial charge in [-0.1, -0.05) is 0 Å². The molecule has 0 aliphatic carbocycles. The highest BCUT2D eigenvalue weighted by atomic mass is 35.5. The standard InChI is InChI=1S/C13H15ClFNO3/c1-18-13(17)11(14)7-16-6-10-5-8-4-9(15)2-3-12(8)19-10/h2-4,10-11,16H,5-7H2,1H3. The molecular formula is C13H15ClFNO3. The number of esters is 1. The van der Waals surface area contributed by atoms with Crippen LogP contribution in [0.1, 0.15) is 5.56 Å². The molecule has 2 atom stereocenters. The molecule has 1 aromatic carbocycles. The second-order valence-electron chi connectivity index (χ2n) is 4.34. The first-order valence-electron chi connectivity index (χ1n) is 5.98. The maximum Gasteiger partial charge on any atom is 0.325 e. The number of rotatable bonds is 5. The van der Waals surface area contributed by atoms with Crippen LogP contribution in [-0.2, 0) is 16.0 Å². The summed E-state index contributed by atoms with van der Waals surface area (Å²) in [6.07, 6.45) is 0.573. The minimum atomic E-state index is -0.716. The molecule has 1 aliphatic heterocycles. The minimum absolute atomic E-state index is 0.0710. The highest BCUT2D eigenvalue weighted by Gasteiger charge is 2.23. The molecule has 0 saturated carbocycles. The lowest BCUT2D eigenvalue weighted by molar-refractivity contribution is -0.140. The zero-order chi connectivity index (χ0) is 13.8. The van der Waals surface area contributed by atoms with Crippen molar-refractivity contribution in [2.24, 2.45) is 0 Å². The lowest BCUT2D eigenvalue weighted by Gasteiger charge is -2.13. The zero-order valence-corrected chi connectivity index (χ0v) is 11.2. The summed E-state index contributed by atoms with van der Waals surface area (Å²) in [5.74, 6) is -0.0158.